The Morgan fingerprint density at radius 2 is 2.04 bits per heavy atom. The van der Waals surface area contributed by atoms with E-state index < -0.39 is 0 Å². The first-order valence-corrected chi connectivity index (χ1v) is 10.2. The predicted octanol–water partition coefficient (Wildman–Crippen LogP) is 3.26. The quantitative estimate of drug-likeness (QED) is 0.477. The van der Waals surface area contributed by atoms with Crippen LogP contribution in [0.4, 0.5) is 0 Å². The molecule has 2 aromatic heterocycles. The van der Waals surface area contributed by atoms with Crippen molar-refractivity contribution in [1.82, 2.24) is 25.2 Å². The highest BCUT2D eigenvalue weighted by Gasteiger charge is 2.43. The van der Waals surface area contributed by atoms with Crippen LogP contribution in [0.5, 0.6) is 0 Å². The van der Waals surface area contributed by atoms with Crippen molar-refractivity contribution in [2.75, 3.05) is 13.6 Å². The Labute approximate surface area is 169 Å². The topological polar surface area (TPSA) is 67.1 Å². The fourth-order valence-electron chi connectivity index (χ4n) is 2.91. The number of nitrogens with zero attached hydrogens (tertiary/aromatic N) is 4. The van der Waals surface area contributed by atoms with Crippen LogP contribution in [0.2, 0.25) is 0 Å². The lowest BCUT2D eigenvalue weighted by Gasteiger charge is -2.18. The molecule has 144 valence electrons. The average Bonchev–Trinajstić information content (AvgIpc) is 3.27. The SMILES string of the molecule is CN=C(NCc1ccc(-n2ccnc2)nc1)NCC1(Sc2ccccc2)CC1. The molecule has 1 aliphatic rings. The summed E-state index contributed by atoms with van der Waals surface area (Å²) in [6, 6.07) is 14.7. The number of aliphatic imine (C=N–C) groups is 1. The summed E-state index contributed by atoms with van der Waals surface area (Å²) in [6.45, 7) is 1.58. The van der Waals surface area contributed by atoms with Crippen LogP contribution in [0.1, 0.15) is 18.4 Å². The molecule has 0 saturated heterocycles. The highest BCUT2D eigenvalue weighted by atomic mass is 32.2. The van der Waals surface area contributed by atoms with Gasteiger partial charge in [0.2, 0.25) is 0 Å². The van der Waals surface area contributed by atoms with E-state index in [9.17, 15) is 0 Å². The number of pyridine rings is 1. The Kier molecular flexibility index (Phi) is 5.62. The molecule has 0 bridgehead atoms. The van der Waals surface area contributed by atoms with Gasteiger partial charge in [-0.1, -0.05) is 24.3 Å². The van der Waals surface area contributed by atoms with Gasteiger partial charge in [0.25, 0.3) is 0 Å². The fraction of sp³-hybridized carbons (Fsp3) is 0.286. The number of hydrogen-bond donors (Lipinski definition) is 2. The average molecular weight is 393 g/mol. The van der Waals surface area contributed by atoms with Gasteiger partial charge < -0.3 is 10.6 Å². The first kappa shape index (κ1) is 18.6. The van der Waals surface area contributed by atoms with E-state index in [1.807, 2.05) is 34.8 Å². The molecule has 0 unspecified atom stereocenters. The summed E-state index contributed by atoms with van der Waals surface area (Å²) in [7, 11) is 1.81. The zero-order valence-corrected chi connectivity index (χ0v) is 16.7. The minimum atomic E-state index is 0.285. The van der Waals surface area contributed by atoms with Crippen molar-refractivity contribution in [3.63, 3.8) is 0 Å². The largest absolute Gasteiger partial charge is 0.355 e. The standard InChI is InChI=1S/C21H24N6S/c1-22-20(26-15-21(9-10-21)28-18-5-3-2-4-6-18)25-14-17-7-8-19(24-13-17)27-12-11-23-16-27/h2-8,11-13,16H,9-10,14-15H2,1H3,(H2,22,25,26). The molecule has 28 heavy (non-hydrogen) atoms. The number of aromatic nitrogens is 3. The molecular weight excluding hydrogens is 368 g/mol. The highest BCUT2D eigenvalue weighted by molar-refractivity contribution is 8.01. The van der Waals surface area contributed by atoms with E-state index in [2.05, 4.69) is 62.0 Å². The van der Waals surface area contributed by atoms with Gasteiger partial charge in [-0.25, -0.2) is 9.97 Å². The summed E-state index contributed by atoms with van der Waals surface area (Å²) in [6.07, 6.45) is 9.71. The van der Waals surface area contributed by atoms with E-state index in [0.29, 0.717) is 6.54 Å². The summed E-state index contributed by atoms with van der Waals surface area (Å²) in [5.41, 5.74) is 1.10. The maximum absolute atomic E-state index is 4.49. The van der Waals surface area contributed by atoms with Crippen LogP contribution in [-0.4, -0.2) is 38.8 Å². The predicted molar refractivity (Wildman–Crippen MR) is 114 cm³/mol. The van der Waals surface area contributed by atoms with Crippen LogP contribution in [0.3, 0.4) is 0 Å². The molecule has 1 aromatic carbocycles. The van der Waals surface area contributed by atoms with Crippen molar-refractivity contribution in [3.8, 4) is 5.82 Å². The molecule has 4 rings (SSSR count). The monoisotopic (exact) mass is 392 g/mol. The Bertz CT molecular complexity index is 902. The maximum Gasteiger partial charge on any atom is 0.191 e. The van der Waals surface area contributed by atoms with Gasteiger partial charge in [-0.2, -0.15) is 0 Å². The van der Waals surface area contributed by atoms with Crippen LogP contribution in [0.15, 0.2) is 77.3 Å². The molecule has 0 atom stereocenters. The van der Waals surface area contributed by atoms with Crippen molar-refractivity contribution < 1.29 is 0 Å². The Morgan fingerprint density at radius 1 is 1.18 bits per heavy atom. The van der Waals surface area contributed by atoms with Crippen LogP contribution in [0.25, 0.3) is 5.82 Å². The molecule has 1 aliphatic carbocycles. The lowest BCUT2D eigenvalue weighted by molar-refractivity contribution is 0.765. The van der Waals surface area contributed by atoms with Crippen molar-refractivity contribution in [2.45, 2.75) is 29.0 Å². The van der Waals surface area contributed by atoms with Crippen LogP contribution >= 0.6 is 11.8 Å². The summed E-state index contributed by atoms with van der Waals surface area (Å²) in [5, 5.41) is 6.86. The molecule has 0 aliphatic heterocycles. The molecule has 0 radical (unpaired) electrons. The van der Waals surface area contributed by atoms with Crippen LogP contribution < -0.4 is 10.6 Å². The van der Waals surface area contributed by atoms with E-state index >= 15 is 0 Å². The number of imidazole rings is 1. The Balaban J connectivity index is 1.27. The van der Waals surface area contributed by atoms with Gasteiger partial charge in [-0.05, 0) is 36.6 Å². The van der Waals surface area contributed by atoms with E-state index in [1.165, 1.54) is 17.7 Å². The third-order valence-electron chi connectivity index (χ3n) is 4.72. The minimum absolute atomic E-state index is 0.285. The van der Waals surface area contributed by atoms with Crippen molar-refractivity contribution in [3.05, 3.63) is 72.9 Å². The van der Waals surface area contributed by atoms with Gasteiger partial charge in [0.15, 0.2) is 5.96 Å². The normalized spacial score (nSPS) is 15.2. The molecule has 3 aromatic rings. The van der Waals surface area contributed by atoms with E-state index in [1.54, 1.807) is 19.6 Å². The lowest BCUT2D eigenvalue weighted by atomic mass is 10.3. The van der Waals surface area contributed by atoms with E-state index in [0.717, 1.165) is 23.9 Å². The molecule has 6 nitrogen and oxygen atoms in total. The molecule has 0 spiro atoms. The second kappa shape index (κ2) is 8.48. The van der Waals surface area contributed by atoms with E-state index in [-0.39, 0.29) is 4.75 Å². The fourth-order valence-corrected chi connectivity index (χ4v) is 4.16. The smallest absolute Gasteiger partial charge is 0.191 e. The third kappa shape index (κ3) is 4.72. The summed E-state index contributed by atoms with van der Waals surface area (Å²) >= 11 is 1.96. The molecule has 0 amide bonds. The first-order valence-electron chi connectivity index (χ1n) is 9.38. The first-order chi connectivity index (χ1) is 13.8. The number of nitrogens with one attached hydrogen (secondary N) is 2. The third-order valence-corrected chi connectivity index (χ3v) is 6.22. The Morgan fingerprint density at radius 3 is 2.68 bits per heavy atom. The highest BCUT2D eigenvalue weighted by Crippen LogP contribution is 2.51. The Hall–Kier alpha value is -2.80. The minimum Gasteiger partial charge on any atom is -0.355 e. The molecule has 1 saturated carbocycles. The molecular formula is C21H24N6S. The van der Waals surface area contributed by atoms with Gasteiger partial charge in [0.05, 0.1) is 0 Å². The summed E-state index contributed by atoms with van der Waals surface area (Å²) in [5.74, 6) is 1.68. The van der Waals surface area contributed by atoms with E-state index in [4.69, 9.17) is 0 Å². The van der Waals surface area contributed by atoms with Gasteiger partial charge in [-0.3, -0.25) is 9.56 Å². The van der Waals surface area contributed by atoms with Crippen LogP contribution in [-0.2, 0) is 6.54 Å². The van der Waals surface area contributed by atoms with Crippen molar-refractivity contribution >= 4 is 17.7 Å². The molecule has 7 heteroatoms. The van der Waals surface area contributed by atoms with Crippen LogP contribution in [0, 0.1) is 0 Å². The number of thioether (sulfide) groups is 1. The summed E-state index contributed by atoms with van der Waals surface area (Å²) in [4.78, 5) is 14.2. The van der Waals surface area contributed by atoms with Crippen molar-refractivity contribution in [2.24, 2.45) is 4.99 Å². The maximum atomic E-state index is 4.49. The number of benzene rings is 1. The zero-order chi connectivity index (χ0) is 19.2. The number of guanidine groups is 1. The van der Waals surface area contributed by atoms with Gasteiger partial charge in [0.1, 0.15) is 12.1 Å². The zero-order valence-electron chi connectivity index (χ0n) is 15.9. The molecule has 2 N–H and O–H groups in total. The number of hydrogen-bond acceptors (Lipinski definition) is 4. The molecule has 2 heterocycles. The van der Waals surface area contributed by atoms with Gasteiger partial charge in [0, 0.05) is 48.4 Å². The molecule has 1 fully saturated rings. The second-order valence-corrected chi connectivity index (χ2v) is 8.41. The summed E-state index contributed by atoms with van der Waals surface area (Å²) < 4.78 is 2.17. The lowest BCUT2D eigenvalue weighted by Crippen LogP contribution is -2.40. The van der Waals surface area contributed by atoms with Gasteiger partial charge >= 0.3 is 0 Å². The van der Waals surface area contributed by atoms with Crippen molar-refractivity contribution in [1.29, 1.82) is 0 Å². The number of rotatable bonds is 7. The van der Waals surface area contributed by atoms with Gasteiger partial charge in [-0.15, -0.1) is 11.8 Å². The second-order valence-electron chi connectivity index (χ2n) is 6.87.